The van der Waals surface area contributed by atoms with Gasteiger partial charge in [-0.3, -0.25) is 0 Å². The summed E-state index contributed by atoms with van der Waals surface area (Å²) in [6.45, 7) is 0. The second kappa shape index (κ2) is 10.5. The number of rotatable bonds is 3. The molecule has 0 saturated carbocycles. The minimum atomic E-state index is 0. The monoisotopic (exact) mass is 214 g/mol. The Hall–Kier alpha value is -0.480. The van der Waals surface area contributed by atoms with E-state index in [1.165, 1.54) is 0 Å². The second-order valence-electron chi connectivity index (χ2n) is 2.39. The molecule has 0 aliphatic heterocycles. The number of halogens is 2. The van der Waals surface area contributed by atoms with Crippen LogP contribution in [0.25, 0.3) is 0 Å². The molecule has 0 aromatic rings. The van der Waals surface area contributed by atoms with Crippen molar-refractivity contribution in [1.29, 1.82) is 0 Å². The van der Waals surface area contributed by atoms with E-state index in [0.717, 1.165) is 0 Å². The molecule has 74 valence electrons. The molecule has 12 heavy (non-hydrogen) atoms. The minimum Gasteiger partial charge on any atom is -0.367 e. The van der Waals surface area contributed by atoms with Gasteiger partial charge < -0.3 is 9.80 Å². The summed E-state index contributed by atoms with van der Waals surface area (Å²) in [6.07, 6.45) is 3.28. The van der Waals surface area contributed by atoms with Gasteiger partial charge in [0.1, 0.15) is 12.7 Å². The summed E-state index contributed by atoms with van der Waals surface area (Å²) in [5.74, 6) is 0. The van der Waals surface area contributed by atoms with Crippen molar-refractivity contribution < 1.29 is 0 Å². The molecule has 0 bridgehead atoms. The molecule has 0 aliphatic rings. The molecule has 0 aliphatic carbocycles. The normalized spacial score (nSPS) is 9.33. The van der Waals surface area contributed by atoms with Crippen LogP contribution in [-0.4, -0.2) is 50.7 Å². The third-order valence-corrected chi connectivity index (χ3v) is 0.632. The molecular weight excluding hydrogens is 199 g/mol. The maximum absolute atomic E-state index is 3.74. The fourth-order valence-corrected chi connectivity index (χ4v) is 0.266. The van der Waals surface area contributed by atoms with Gasteiger partial charge >= 0.3 is 0 Å². The summed E-state index contributed by atoms with van der Waals surface area (Å²) >= 11 is 0. The Morgan fingerprint density at radius 2 is 1.00 bits per heavy atom. The van der Waals surface area contributed by atoms with Gasteiger partial charge in [-0.2, -0.15) is 0 Å². The van der Waals surface area contributed by atoms with E-state index in [4.69, 9.17) is 0 Å². The second-order valence-corrected chi connectivity index (χ2v) is 2.39. The molecule has 6 heteroatoms. The quantitative estimate of drug-likeness (QED) is 0.398. The van der Waals surface area contributed by atoms with Crippen molar-refractivity contribution in [3.8, 4) is 0 Å². The molecule has 0 aromatic heterocycles. The first-order chi connectivity index (χ1) is 4.63. The van der Waals surface area contributed by atoms with E-state index in [2.05, 4.69) is 10.2 Å². The van der Waals surface area contributed by atoms with Crippen LogP contribution in [0, 0.1) is 0 Å². The van der Waals surface area contributed by atoms with Crippen LogP contribution < -0.4 is 0 Å². The van der Waals surface area contributed by atoms with Gasteiger partial charge in [0.05, 0.1) is 0 Å². The summed E-state index contributed by atoms with van der Waals surface area (Å²) in [5.41, 5.74) is 0. The Morgan fingerprint density at radius 3 is 1.17 bits per heavy atom. The van der Waals surface area contributed by atoms with Crippen LogP contribution in [0.4, 0.5) is 0 Å². The fraction of sp³-hybridized carbons (Fsp3) is 0.667. The van der Waals surface area contributed by atoms with Crippen LogP contribution in [-0.2, 0) is 0 Å². The average molecular weight is 215 g/mol. The van der Waals surface area contributed by atoms with Crippen molar-refractivity contribution in [2.24, 2.45) is 10.2 Å². The van der Waals surface area contributed by atoms with Crippen molar-refractivity contribution in [1.82, 2.24) is 9.80 Å². The molecular formula is C6H16Cl2N4. The van der Waals surface area contributed by atoms with Crippen LogP contribution >= 0.6 is 24.8 Å². The maximum atomic E-state index is 3.74. The topological polar surface area (TPSA) is 31.2 Å². The SMILES string of the molecule is CN(C)/C=N/N=C/N(C)C.Cl.Cl. The highest BCUT2D eigenvalue weighted by Crippen LogP contribution is 1.71. The molecule has 0 saturated heterocycles. The standard InChI is InChI=1S/C6H14N4.2ClH/c1-9(2)5-7-8-6-10(3)4;;/h5-6H,1-4H3;2*1H/b7-5+,8-6+;;. The first-order valence-electron chi connectivity index (χ1n) is 3.02. The van der Waals surface area contributed by atoms with E-state index in [0.29, 0.717) is 0 Å². The summed E-state index contributed by atoms with van der Waals surface area (Å²) in [6, 6.07) is 0. The Bertz CT molecular complexity index is 118. The lowest BCUT2D eigenvalue weighted by Gasteiger charge is -2.01. The van der Waals surface area contributed by atoms with Gasteiger partial charge in [-0.25, -0.2) is 0 Å². The summed E-state index contributed by atoms with van der Waals surface area (Å²) in [7, 11) is 7.59. The lowest BCUT2D eigenvalue weighted by molar-refractivity contribution is 0.631. The first kappa shape index (κ1) is 17.6. The smallest absolute Gasteiger partial charge is 0.113 e. The largest absolute Gasteiger partial charge is 0.367 e. The average Bonchev–Trinajstić information content (AvgIpc) is 1.79. The first-order valence-corrected chi connectivity index (χ1v) is 3.02. The summed E-state index contributed by atoms with van der Waals surface area (Å²) < 4.78 is 0. The molecule has 0 rings (SSSR count). The number of hydrogen-bond acceptors (Lipinski definition) is 2. The Labute approximate surface area is 86.2 Å². The van der Waals surface area contributed by atoms with Crippen molar-refractivity contribution in [3.05, 3.63) is 0 Å². The van der Waals surface area contributed by atoms with E-state index < -0.39 is 0 Å². The molecule has 0 N–H and O–H groups in total. The van der Waals surface area contributed by atoms with E-state index >= 15 is 0 Å². The fourth-order valence-electron chi connectivity index (χ4n) is 0.266. The summed E-state index contributed by atoms with van der Waals surface area (Å²) in [4.78, 5) is 3.65. The van der Waals surface area contributed by atoms with Crippen LogP contribution in [0.2, 0.25) is 0 Å². The predicted octanol–water partition coefficient (Wildman–Crippen LogP) is 0.925. The number of hydrogen-bond donors (Lipinski definition) is 0. The van der Waals surface area contributed by atoms with Crippen molar-refractivity contribution >= 4 is 37.5 Å². The van der Waals surface area contributed by atoms with Gasteiger partial charge in [-0.05, 0) is 0 Å². The van der Waals surface area contributed by atoms with Gasteiger partial charge in [-0.1, -0.05) is 0 Å². The molecule has 4 nitrogen and oxygen atoms in total. The van der Waals surface area contributed by atoms with E-state index in [1.807, 2.05) is 38.0 Å². The minimum absolute atomic E-state index is 0. The lowest BCUT2D eigenvalue weighted by atomic mass is 10.9. The molecule has 0 radical (unpaired) electrons. The maximum Gasteiger partial charge on any atom is 0.113 e. The highest BCUT2D eigenvalue weighted by atomic mass is 35.5. The predicted molar refractivity (Wildman–Crippen MR) is 58.9 cm³/mol. The van der Waals surface area contributed by atoms with Crippen molar-refractivity contribution in [2.75, 3.05) is 28.2 Å². The van der Waals surface area contributed by atoms with Gasteiger partial charge in [-0.15, -0.1) is 35.0 Å². The molecule has 0 aromatic carbocycles. The third-order valence-electron chi connectivity index (χ3n) is 0.632. The van der Waals surface area contributed by atoms with Crippen molar-refractivity contribution in [3.63, 3.8) is 0 Å². The Morgan fingerprint density at radius 1 is 0.750 bits per heavy atom. The van der Waals surface area contributed by atoms with Gasteiger partial charge in [0, 0.05) is 28.2 Å². The van der Waals surface area contributed by atoms with Gasteiger partial charge in [0.15, 0.2) is 0 Å². The molecule has 0 unspecified atom stereocenters. The molecule has 0 spiro atoms. The van der Waals surface area contributed by atoms with Crippen LogP contribution in [0.15, 0.2) is 10.2 Å². The summed E-state index contributed by atoms with van der Waals surface area (Å²) in [5, 5.41) is 7.48. The van der Waals surface area contributed by atoms with Gasteiger partial charge in [0.2, 0.25) is 0 Å². The van der Waals surface area contributed by atoms with E-state index in [9.17, 15) is 0 Å². The van der Waals surface area contributed by atoms with E-state index in [-0.39, 0.29) is 24.8 Å². The molecule has 0 amide bonds. The molecule has 0 fully saturated rings. The van der Waals surface area contributed by atoms with Gasteiger partial charge in [0.25, 0.3) is 0 Å². The van der Waals surface area contributed by atoms with Crippen molar-refractivity contribution in [2.45, 2.75) is 0 Å². The zero-order valence-corrected chi connectivity index (χ0v) is 9.39. The third kappa shape index (κ3) is 16.3. The zero-order chi connectivity index (χ0) is 7.98. The molecule has 0 atom stereocenters. The van der Waals surface area contributed by atoms with Crippen LogP contribution in [0.5, 0.6) is 0 Å². The molecule has 0 heterocycles. The Balaban J connectivity index is -0.000000405. The number of nitrogens with zero attached hydrogens (tertiary/aromatic N) is 4. The lowest BCUT2D eigenvalue weighted by Crippen LogP contribution is -2.09. The van der Waals surface area contributed by atoms with E-state index in [1.54, 1.807) is 12.7 Å². The zero-order valence-electron chi connectivity index (χ0n) is 7.76. The van der Waals surface area contributed by atoms with Crippen LogP contribution in [0.3, 0.4) is 0 Å². The Kier molecular flexibility index (Phi) is 15.4. The highest BCUT2D eigenvalue weighted by molar-refractivity contribution is 5.85. The van der Waals surface area contributed by atoms with Crippen LogP contribution in [0.1, 0.15) is 0 Å². The highest BCUT2D eigenvalue weighted by Gasteiger charge is 1.74.